The van der Waals surface area contributed by atoms with Crippen molar-refractivity contribution in [3.8, 4) is 0 Å². The highest BCUT2D eigenvalue weighted by molar-refractivity contribution is 5.94. The number of benzene rings is 1. The zero-order valence-corrected chi connectivity index (χ0v) is 18.5. The number of nitrogens with one attached hydrogen (secondary N) is 1. The summed E-state index contributed by atoms with van der Waals surface area (Å²) in [6.07, 6.45) is 12.9. The number of carbonyl (C=O) groups excluding carboxylic acids is 2. The van der Waals surface area contributed by atoms with Gasteiger partial charge in [-0.1, -0.05) is 67.7 Å². The fraction of sp³-hybridized carbons (Fsp3) is 0.407. The van der Waals surface area contributed by atoms with Crippen LogP contribution in [0.1, 0.15) is 44.2 Å². The monoisotopic (exact) mass is 403 g/mol. The maximum Gasteiger partial charge on any atom is 0.144 e. The Morgan fingerprint density at radius 2 is 1.87 bits per heavy atom. The molecule has 0 spiro atoms. The van der Waals surface area contributed by atoms with Gasteiger partial charge in [-0.3, -0.25) is 9.59 Å². The van der Waals surface area contributed by atoms with E-state index in [1.165, 1.54) is 5.57 Å². The minimum atomic E-state index is -0.206. The summed E-state index contributed by atoms with van der Waals surface area (Å²) >= 11 is 0. The van der Waals surface area contributed by atoms with Crippen LogP contribution < -0.4 is 5.32 Å². The van der Waals surface area contributed by atoms with Gasteiger partial charge in [0.2, 0.25) is 0 Å². The van der Waals surface area contributed by atoms with E-state index in [0.717, 1.165) is 29.8 Å². The van der Waals surface area contributed by atoms with Crippen LogP contribution in [0, 0.1) is 30.6 Å². The summed E-state index contributed by atoms with van der Waals surface area (Å²) < 4.78 is 0. The molecule has 0 amide bonds. The molecule has 0 saturated heterocycles. The molecule has 5 atom stereocenters. The van der Waals surface area contributed by atoms with Gasteiger partial charge in [-0.05, 0) is 56.2 Å². The molecule has 3 nitrogen and oxygen atoms in total. The number of hydrogen-bond donors (Lipinski definition) is 1. The quantitative estimate of drug-likeness (QED) is 0.419. The normalized spacial score (nSPS) is 26.2. The maximum absolute atomic E-state index is 13.4. The van der Waals surface area contributed by atoms with Crippen LogP contribution in [0.25, 0.3) is 0 Å². The number of fused-ring (bicyclic) bond motifs is 2. The number of Topliss-reactive ketones (excluding diaryl/α,β-unsaturated/α-hetero) is 2. The number of anilines is 1. The van der Waals surface area contributed by atoms with Crippen LogP contribution in [0.2, 0.25) is 0 Å². The predicted octanol–water partition coefficient (Wildman–Crippen LogP) is 5.80. The van der Waals surface area contributed by atoms with E-state index in [9.17, 15) is 9.59 Å². The largest absolute Gasteiger partial charge is 0.381 e. The third-order valence-corrected chi connectivity index (χ3v) is 6.62. The first-order chi connectivity index (χ1) is 14.3. The van der Waals surface area contributed by atoms with Gasteiger partial charge in [0.25, 0.3) is 0 Å². The van der Waals surface area contributed by atoms with Crippen molar-refractivity contribution < 1.29 is 9.59 Å². The molecule has 1 saturated carbocycles. The van der Waals surface area contributed by atoms with E-state index in [2.05, 4.69) is 56.1 Å². The Morgan fingerprint density at radius 1 is 1.17 bits per heavy atom. The summed E-state index contributed by atoms with van der Waals surface area (Å²) in [4.78, 5) is 25.6. The van der Waals surface area contributed by atoms with Crippen molar-refractivity contribution in [1.82, 2.24) is 0 Å². The lowest BCUT2D eigenvalue weighted by atomic mass is 9.74. The molecule has 5 unspecified atom stereocenters. The molecular weight excluding hydrogens is 370 g/mol. The Bertz CT molecular complexity index is 921. The zero-order valence-electron chi connectivity index (χ0n) is 18.5. The van der Waals surface area contributed by atoms with Crippen LogP contribution >= 0.6 is 0 Å². The third-order valence-electron chi connectivity index (χ3n) is 6.62. The lowest BCUT2D eigenvalue weighted by molar-refractivity contribution is -0.132. The van der Waals surface area contributed by atoms with Gasteiger partial charge in [0.1, 0.15) is 11.6 Å². The summed E-state index contributed by atoms with van der Waals surface area (Å²) in [5.74, 6) is 0.330. The van der Waals surface area contributed by atoms with Crippen molar-refractivity contribution in [3.63, 3.8) is 0 Å². The molecule has 0 heterocycles. The van der Waals surface area contributed by atoms with Gasteiger partial charge in [0, 0.05) is 30.0 Å². The van der Waals surface area contributed by atoms with Crippen LogP contribution in [0.15, 0.2) is 66.8 Å². The molecule has 1 aromatic rings. The van der Waals surface area contributed by atoms with Gasteiger partial charge >= 0.3 is 0 Å². The zero-order chi connectivity index (χ0) is 21.8. The molecule has 1 aromatic carbocycles. The standard InChI is InChI=1S/C27H33NO2/c1-6-7-8-9-17(2)16-28-24-13-12-21(14-18(24)3)19(4)27(30)26-23-11-10-22(15-23)25(26)20(5)29/h6-14,19,22-23,25-26,28H,1,15-16H2,2-5H3/b8-7-,17-9+. The predicted molar refractivity (Wildman–Crippen MR) is 125 cm³/mol. The number of rotatable bonds is 9. The van der Waals surface area contributed by atoms with Crippen LogP contribution in [0.3, 0.4) is 0 Å². The van der Waals surface area contributed by atoms with Crippen molar-refractivity contribution in [2.75, 3.05) is 11.9 Å². The molecular formula is C27H33NO2. The molecule has 3 heteroatoms. The Labute approximate surface area is 180 Å². The van der Waals surface area contributed by atoms with Gasteiger partial charge in [-0.25, -0.2) is 0 Å². The fourth-order valence-corrected chi connectivity index (χ4v) is 4.96. The summed E-state index contributed by atoms with van der Waals surface area (Å²) in [6.45, 7) is 12.2. The van der Waals surface area contributed by atoms with E-state index in [-0.39, 0.29) is 41.2 Å². The first-order valence-electron chi connectivity index (χ1n) is 10.8. The van der Waals surface area contributed by atoms with Gasteiger partial charge < -0.3 is 5.32 Å². The van der Waals surface area contributed by atoms with Crippen LogP contribution in [0.4, 0.5) is 5.69 Å². The highest BCUT2D eigenvalue weighted by Crippen LogP contribution is 2.50. The molecule has 158 valence electrons. The first-order valence-corrected chi connectivity index (χ1v) is 10.8. The Balaban J connectivity index is 1.70. The number of hydrogen-bond acceptors (Lipinski definition) is 3. The molecule has 2 aliphatic rings. The SMILES string of the molecule is C=C/C=C\C=C(/C)CNc1ccc(C(C)C(=O)C2C3C=CC(C3)C2C(C)=O)cc1C. The number of allylic oxidation sites excluding steroid dienone is 6. The number of carbonyl (C=O) groups is 2. The first kappa shape index (κ1) is 22.0. The third kappa shape index (κ3) is 4.56. The lowest BCUT2D eigenvalue weighted by Crippen LogP contribution is -2.34. The fourth-order valence-electron chi connectivity index (χ4n) is 4.96. The summed E-state index contributed by atoms with van der Waals surface area (Å²) in [5, 5.41) is 3.47. The number of ketones is 2. The topological polar surface area (TPSA) is 46.2 Å². The molecule has 3 rings (SSSR count). The van der Waals surface area contributed by atoms with Gasteiger partial charge in [0.05, 0.1) is 0 Å². The van der Waals surface area contributed by atoms with Crippen molar-refractivity contribution in [1.29, 1.82) is 0 Å². The molecule has 0 aromatic heterocycles. The van der Waals surface area contributed by atoms with Crippen LogP contribution in [0.5, 0.6) is 0 Å². The van der Waals surface area contributed by atoms with E-state index in [1.54, 1.807) is 13.0 Å². The molecule has 1 N–H and O–H groups in total. The molecule has 1 fully saturated rings. The highest BCUT2D eigenvalue weighted by atomic mass is 16.1. The average molecular weight is 404 g/mol. The van der Waals surface area contributed by atoms with E-state index >= 15 is 0 Å². The molecule has 2 aliphatic carbocycles. The average Bonchev–Trinajstić information content (AvgIpc) is 3.33. The van der Waals surface area contributed by atoms with Gasteiger partial charge in [0.15, 0.2) is 0 Å². The minimum absolute atomic E-state index is 0.137. The van der Waals surface area contributed by atoms with Crippen molar-refractivity contribution in [3.05, 3.63) is 77.9 Å². The second-order valence-corrected chi connectivity index (χ2v) is 8.80. The van der Waals surface area contributed by atoms with Crippen LogP contribution in [-0.2, 0) is 9.59 Å². The molecule has 0 aliphatic heterocycles. The van der Waals surface area contributed by atoms with Gasteiger partial charge in [-0.2, -0.15) is 0 Å². The second kappa shape index (κ2) is 9.42. The highest BCUT2D eigenvalue weighted by Gasteiger charge is 2.50. The molecule has 0 radical (unpaired) electrons. The van der Waals surface area contributed by atoms with E-state index in [4.69, 9.17) is 0 Å². The lowest BCUT2D eigenvalue weighted by Gasteiger charge is -2.27. The smallest absolute Gasteiger partial charge is 0.144 e. The maximum atomic E-state index is 13.4. The van der Waals surface area contributed by atoms with Crippen molar-refractivity contribution in [2.45, 2.75) is 40.0 Å². The number of aryl methyl sites for hydroxylation is 1. The summed E-state index contributed by atoms with van der Waals surface area (Å²) in [5.41, 5.74) is 4.44. The Morgan fingerprint density at radius 3 is 2.50 bits per heavy atom. The van der Waals surface area contributed by atoms with E-state index in [0.29, 0.717) is 0 Å². The van der Waals surface area contributed by atoms with E-state index in [1.807, 2.05) is 25.1 Å². The summed E-state index contributed by atoms with van der Waals surface area (Å²) in [7, 11) is 0. The second-order valence-electron chi connectivity index (χ2n) is 8.80. The Kier molecular flexibility index (Phi) is 6.91. The van der Waals surface area contributed by atoms with Crippen molar-refractivity contribution >= 4 is 17.3 Å². The Hall–Kier alpha value is -2.68. The summed E-state index contributed by atoms with van der Waals surface area (Å²) in [6, 6.07) is 6.21. The van der Waals surface area contributed by atoms with E-state index < -0.39 is 0 Å². The van der Waals surface area contributed by atoms with Crippen molar-refractivity contribution in [2.24, 2.45) is 23.7 Å². The van der Waals surface area contributed by atoms with Gasteiger partial charge in [-0.15, -0.1) is 0 Å². The van der Waals surface area contributed by atoms with Crippen LogP contribution in [-0.4, -0.2) is 18.1 Å². The minimum Gasteiger partial charge on any atom is -0.381 e. The molecule has 2 bridgehead atoms. The molecule has 30 heavy (non-hydrogen) atoms.